The van der Waals surface area contributed by atoms with Crippen LogP contribution in [-0.4, -0.2) is 18.2 Å². The Kier molecular flexibility index (Phi) is 6.83. The van der Waals surface area contributed by atoms with Crippen molar-refractivity contribution in [2.24, 2.45) is 0 Å². The smallest absolute Gasteiger partial charge is 0.305 e. The summed E-state index contributed by atoms with van der Waals surface area (Å²) >= 11 is 0. The Labute approximate surface area is 132 Å². The molecule has 4 heteroatoms. The van der Waals surface area contributed by atoms with Crippen molar-refractivity contribution in [3.63, 3.8) is 0 Å². The van der Waals surface area contributed by atoms with E-state index in [0.29, 0.717) is 12.3 Å². The lowest BCUT2D eigenvalue weighted by Crippen LogP contribution is -2.24. The molecule has 0 heterocycles. The molecule has 120 valence electrons. The second kappa shape index (κ2) is 8.37. The van der Waals surface area contributed by atoms with E-state index in [1.807, 2.05) is 25.1 Å². The van der Waals surface area contributed by atoms with E-state index in [1.54, 1.807) is 0 Å². The third-order valence-corrected chi connectivity index (χ3v) is 3.21. The second-order valence-corrected chi connectivity index (χ2v) is 5.44. The lowest BCUT2D eigenvalue weighted by molar-refractivity contribution is -0.178. The highest BCUT2D eigenvalue weighted by Crippen LogP contribution is 2.20. The van der Waals surface area contributed by atoms with E-state index in [2.05, 4.69) is 26.0 Å². The van der Waals surface area contributed by atoms with Crippen molar-refractivity contribution in [3.05, 3.63) is 41.0 Å². The summed E-state index contributed by atoms with van der Waals surface area (Å²) in [6.07, 6.45) is 1.53. The van der Waals surface area contributed by atoms with Gasteiger partial charge in [-0.2, -0.15) is 0 Å². The van der Waals surface area contributed by atoms with E-state index in [0.717, 1.165) is 11.1 Å². The number of carbonyl (C=O) groups is 2. The largest absolute Gasteiger partial charge is 0.421 e. The summed E-state index contributed by atoms with van der Waals surface area (Å²) in [5, 5.41) is 0. The molecule has 0 aromatic heterocycles. The molecule has 0 saturated heterocycles. The Bertz CT molecular complexity index is 525. The number of rotatable bonds is 6. The lowest BCUT2D eigenvalue weighted by atomic mass is 10.0. The molecule has 0 radical (unpaired) electrons. The Morgan fingerprint density at radius 3 is 1.91 bits per heavy atom. The number of esters is 2. The Balaban J connectivity index is 3.03. The van der Waals surface area contributed by atoms with Crippen molar-refractivity contribution in [3.8, 4) is 0 Å². The van der Waals surface area contributed by atoms with Gasteiger partial charge in [0, 0.05) is 19.4 Å². The number of ether oxygens (including phenoxy) is 2. The fourth-order valence-corrected chi connectivity index (χ4v) is 2.00. The van der Waals surface area contributed by atoms with Gasteiger partial charge in [0.1, 0.15) is 0 Å². The van der Waals surface area contributed by atoms with Gasteiger partial charge in [0.2, 0.25) is 0 Å². The van der Waals surface area contributed by atoms with Crippen molar-refractivity contribution >= 4 is 18.0 Å². The third kappa shape index (κ3) is 5.72. The van der Waals surface area contributed by atoms with Crippen LogP contribution < -0.4 is 0 Å². The second-order valence-electron chi connectivity index (χ2n) is 5.44. The van der Waals surface area contributed by atoms with Gasteiger partial charge in [-0.05, 0) is 29.5 Å². The maximum absolute atomic E-state index is 11.2. The molecule has 22 heavy (non-hydrogen) atoms. The molecule has 1 aromatic carbocycles. The minimum atomic E-state index is -0.968. The Morgan fingerprint density at radius 1 is 1.05 bits per heavy atom. The van der Waals surface area contributed by atoms with E-state index >= 15 is 0 Å². The summed E-state index contributed by atoms with van der Waals surface area (Å²) in [6.45, 7) is 8.79. The molecule has 0 saturated carbocycles. The van der Waals surface area contributed by atoms with Crippen LogP contribution in [0.2, 0.25) is 0 Å². The fourth-order valence-electron chi connectivity index (χ4n) is 2.00. The first-order valence-corrected chi connectivity index (χ1v) is 7.48. The zero-order chi connectivity index (χ0) is 16.7. The summed E-state index contributed by atoms with van der Waals surface area (Å²) in [6, 6.07) is 8.14. The molecule has 1 rings (SSSR count). The van der Waals surface area contributed by atoms with Crippen LogP contribution in [0.5, 0.6) is 0 Å². The molecular weight excluding hydrogens is 280 g/mol. The van der Waals surface area contributed by atoms with Crippen LogP contribution in [0, 0.1) is 0 Å². The molecule has 4 nitrogen and oxygen atoms in total. The molecular formula is C18H24O4. The number of hydrogen-bond acceptors (Lipinski definition) is 4. The molecule has 0 N–H and O–H groups in total. The van der Waals surface area contributed by atoms with Gasteiger partial charge in [-0.1, -0.05) is 45.0 Å². The van der Waals surface area contributed by atoms with Gasteiger partial charge >= 0.3 is 11.9 Å². The van der Waals surface area contributed by atoms with Crippen LogP contribution in [0.1, 0.15) is 58.1 Å². The van der Waals surface area contributed by atoms with Crippen molar-refractivity contribution < 1.29 is 19.1 Å². The predicted octanol–water partition coefficient (Wildman–Crippen LogP) is 4.06. The monoisotopic (exact) mass is 304 g/mol. The van der Waals surface area contributed by atoms with Gasteiger partial charge < -0.3 is 9.47 Å². The maximum Gasteiger partial charge on any atom is 0.305 e. The predicted molar refractivity (Wildman–Crippen MR) is 86.1 cm³/mol. The van der Waals surface area contributed by atoms with Crippen molar-refractivity contribution in [2.45, 2.75) is 53.2 Å². The van der Waals surface area contributed by atoms with Crippen LogP contribution in [0.3, 0.4) is 0 Å². The standard InChI is InChI=1S/C18H24O4/c1-6-16(18(21-13(4)19)22-14(5)20)11-15-7-9-17(10-8-15)12(2)3/h7-12,18H,6H2,1-5H3. The van der Waals surface area contributed by atoms with Crippen LogP contribution in [0.4, 0.5) is 0 Å². The van der Waals surface area contributed by atoms with Gasteiger partial charge in [-0.25, -0.2) is 0 Å². The highest BCUT2D eigenvalue weighted by atomic mass is 16.7. The van der Waals surface area contributed by atoms with E-state index in [9.17, 15) is 9.59 Å². The van der Waals surface area contributed by atoms with E-state index in [-0.39, 0.29) is 0 Å². The first-order chi connectivity index (χ1) is 10.3. The quantitative estimate of drug-likeness (QED) is 0.587. The van der Waals surface area contributed by atoms with Crippen LogP contribution in [-0.2, 0) is 19.1 Å². The van der Waals surface area contributed by atoms with Crippen molar-refractivity contribution in [2.75, 3.05) is 0 Å². The number of carbonyl (C=O) groups excluding carboxylic acids is 2. The molecule has 0 fully saturated rings. The number of benzene rings is 1. The van der Waals surface area contributed by atoms with Crippen LogP contribution >= 0.6 is 0 Å². The van der Waals surface area contributed by atoms with Crippen molar-refractivity contribution in [1.82, 2.24) is 0 Å². The van der Waals surface area contributed by atoms with E-state index < -0.39 is 18.2 Å². The van der Waals surface area contributed by atoms with Crippen molar-refractivity contribution in [1.29, 1.82) is 0 Å². The first-order valence-electron chi connectivity index (χ1n) is 7.48. The fraction of sp³-hybridized carbons (Fsp3) is 0.444. The zero-order valence-corrected chi connectivity index (χ0v) is 13.9. The van der Waals surface area contributed by atoms with E-state index in [1.165, 1.54) is 19.4 Å². The molecule has 1 aromatic rings. The maximum atomic E-state index is 11.2. The molecule has 0 atom stereocenters. The average molecular weight is 304 g/mol. The molecule has 0 aliphatic carbocycles. The Morgan fingerprint density at radius 2 is 1.55 bits per heavy atom. The summed E-state index contributed by atoms with van der Waals surface area (Å²) in [4.78, 5) is 22.4. The van der Waals surface area contributed by atoms with Gasteiger partial charge in [0.15, 0.2) is 0 Å². The zero-order valence-electron chi connectivity index (χ0n) is 13.9. The van der Waals surface area contributed by atoms with Gasteiger partial charge in [0.05, 0.1) is 0 Å². The van der Waals surface area contributed by atoms with E-state index in [4.69, 9.17) is 9.47 Å². The molecule has 0 bridgehead atoms. The average Bonchev–Trinajstić information content (AvgIpc) is 2.43. The van der Waals surface area contributed by atoms with Gasteiger partial charge in [0.25, 0.3) is 6.29 Å². The molecule has 0 aliphatic heterocycles. The third-order valence-electron chi connectivity index (χ3n) is 3.21. The summed E-state index contributed by atoms with van der Waals surface area (Å²) in [5.74, 6) is -0.500. The summed E-state index contributed by atoms with van der Waals surface area (Å²) in [5.41, 5.74) is 2.97. The van der Waals surface area contributed by atoms with Gasteiger partial charge in [-0.3, -0.25) is 9.59 Å². The molecule has 0 spiro atoms. The molecule has 0 amide bonds. The minimum absolute atomic E-state index is 0.471. The SMILES string of the molecule is CCC(=Cc1ccc(C(C)C)cc1)C(OC(C)=O)OC(C)=O. The van der Waals surface area contributed by atoms with Gasteiger partial charge in [-0.15, -0.1) is 0 Å². The molecule has 0 aliphatic rings. The lowest BCUT2D eigenvalue weighted by Gasteiger charge is -2.19. The summed E-state index contributed by atoms with van der Waals surface area (Å²) < 4.78 is 10.2. The van der Waals surface area contributed by atoms with Crippen LogP contribution in [0.15, 0.2) is 29.8 Å². The highest BCUT2D eigenvalue weighted by molar-refractivity contribution is 5.69. The Hall–Kier alpha value is -2.10. The first kappa shape index (κ1) is 18.0. The van der Waals surface area contributed by atoms with Crippen LogP contribution in [0.25, 0.3) is 6.08 Å². The normalized spacial score (nSPS) is 11.7. The highest BCUT2D eigenvalue weighted by Gasteiger charge is 2.19. The summed E-state index contributed by atoms with van der Waals surface area (Å²) in [7, 11) is 0. The topological polar surface area (TPSA) is 52.6 Å². The number of hydrogen-bond donors (Lipinski definition) is 0. The molecule has 0 unspecified atom stereocenters. The minimum Gasteiger partial charge on any atom is -0.421 e.